The van der Waals surface area contributed by atoms with Crippen molar-refractivity contribution >= 4 is 11.6 Å². The van der Waals surface area contributed by atoms with E-state index in [0.717, 1.165) is 23.4 Å². The van der Waals surface area contributed by atoms with Gasteiger partial charge in [0.1, 0.15) is 0 Å². The lowest BCUT2D eigenvalue weighted by atomic mass is 10.1. The molecule has 1 aliphatic heterocycles. The number of alkyl halides is 3. The highest BCUT2D eigenvalue weighted by atomic mass is 19.4. The summed E-state index contributed by atoms with van der Waals surface area (Å²) < 4.78 is 38.4. The molecule has 0 N–H and O–H groups in total. The number of hydrogen-bond acceptors (Lipinski definition) is 1. The number of amides is 1. The molecular weight excluding hydrogens is 291 g/mol. The number of anilines is 1. The van der Waals surface area contributed by atoms with Gasteiger partial charge in [-0.25, -0.2) is 0 Å². The lowest BCUT2D eigenvalue weighted by Crippen LogP contribution is -2.35. The molecule has 3 rings (SSSR count). The average molecular weight is 305 g/mol. The fourth-order valence-electron chi connectivity index (χ4n) is 2.84. The van der Waals surface area contributed by atoms with Crippen molar-refractivity contribution in [1.82, 2.24) is 0 Å². The third-order valence-electron chi connectivity index (χ3n) is 3.86. The quantitative estimate of drug-likeness (QED) is 0.769. The molecule has 0 spiro atoms. The number of halogens is 3. The van der Waals surface area contributed by atoms with Crippen molar-refractivity contribution in [1.29, 1.82) is 0 Å². The normalized spacial score (nSPS) is 17.5. The van der Waals surface area contributed by atoms with Gasteiger partial charge in [-0.2, -0.15) is 13.2 Å². The molecule has 114 valence electrons. The zero-order valence-electron chi connectivity index (χ0n) is 11.9. The maximum Gasteiger partial charge on any atom is 0.416 e. The lowest BCUT2D eigenvalue weighted by Gasteiger charge is -2.23. The third-order valence-corrected chi connectivity index (χ3v) is 3.86. The van der Waals surface area contributed by atoms with Gasteiger partial charge in [0.2, 0.25) is 0 Å². The van der Waals surface area contributed by atoms with Gasteiger partial charge >= 0.3 is 6.18 Å². The maximum atomic E-state index is 12.8. The first-order chi connectivity index (χ1) is 10.4. The van der Waals surface area contributed by atoms with Gasteiger partial charge in [0.15, 0.2) is 0 Å². The van der Waals surface area contributed by atoms with Crippen molar-refractivity contribution in [3.05, 3.63) is 65.2 Å². The Bertz CT molecular complexity index is 724. The molecule has 1 heterocycles. The van der Waals surface area contributed by atoms with Crippen molar-refractivity contribution in [2.24, 2.45) is 0 Å². The van der Waals surface area contributed by atoms with Crippen molar-refractivity contribution < 1.29 is 18.0 Å². The minimum atomic E-state index is -4.45. The first kappa shape index (κ1) is 14.6. The van der Waals surface area contributed by atoms with Gasteiger partial charge in [-0.15, -0.1) is 0 Å². The van der Waals surface area contributed by atoms with Crippen LogP contribution in [0.4, 0.5) is 18.9 Å². The van der Waals surface area contributed by atoms with Gasteiger partial charge in [-0.1, -0.05) is 24.3 Å². The van der Waals surface area contributed by atoms with E-state index < -0.39 is 17.6 Å². The Morgan fingerprint density at radius 1 is 1.14 bits per heavy atom. The van der Waals surface area contributed by atoms with Crippen LogP contribution in [0.25, 0.3) is 0 Å². The van der Waals surface area contributed by atoms with Gasteiger partial charge in [-0.3, -0.25) is 4.79 Å². The van der Waals surface area contributed by atoms with Gasteiger partial charge < -0.3 is 4.90 Å². The van der Waals surface area contributed by atoms with Gasteiger partial charge in [0.05, 0.1) is 5.56 Å². The topological polar surface area (TPSA) is 20.3 Å². The maximum absolute atomic E-state index is 12.8. The summed E-state index contributed by atoms with van der Waals surface area (Å²) in [4.78, 5) is 14.2. The minimum absolute atomic E-state index is 0.0541. The summed E-state index contributed by atoms with van der Waals surface area (Å²) in [6, 6.07) is 12.0. The summed E-state index contributed by atoms with van der Waals surface area (Å²) >= 11 is 0. The second-order valence-electron chi connectivity index (χ2n) is 5.44. The molecular formula is C17H14F3NO. The summed E-state index contributed by atoms with van der Waals surface area (Å²) in [7, 11) is 0. The lowest BCUT2D eigenvalue weighted by molar-refractivity contribution is -0.137. The van der Waals surface area contributed by atoms with Crippen molar-refractivity contribution in [2.45, 2.75) is 25.6 Å². The standard InChI is InChI=1S/C17H14F3NO/c1-11-9-12-5-2-3-8-15(12)21(11)16(22)13-6-4-7-14(10-13)17(18,19)20/h2-8,10-11H,9H2,1H3/t11-/m1/s1. The number of carbonyl (C=O) groups excluding carboxylic acids is 1. The van der Waals surface area contributed by atoms with E-state index in [1.807, 2.05) is 31.2 Å². The van der Waals surface area contributed by atoms with Gasteiger partial charge in [0.25, 0.3) is 5.91 Å². The molecule has 1 atom stereocenters. The van der Waals surface area contributed by atoms with Crippen molar-refractivity contribution in [3.63, 3.8) is 0 Å². The van der Waals surface area contributed by atoms with Crippen LogP contribution in [-0.4, -0.2) is 11.9 Å². The smallest absolute Gasteiger partial charge is 0.305 e. The first-order valence-electron chi connectivity index (χ1n) is 6.96. The Balaban J connectivity index is 1.98. The highest BCUT2D eigenvalue weighted by Gasteiger charge is 2.34. The Hall–Kier alpha value is -2.30. The van der Waals surface area contributed by atoms with E-state index in [0.29, 0.717) is 6.42 Å². The zero-order chi connectivity index (χ0) is 15.9. The molecule has 2 aromatic carbocycles. The molecule has 0 saturated heterocycles. The molecule has 0 unspecified atom stereocenters. The molecule has 0 fully saturated rings. The molecule has 1 aliphatic rings. The molecule has 0 aromatic heterocycles. The van der Waals surface area contributed by atoms with E-state index >= 15 is 0 Å². The summed E-state index contributed by atoms with van der Waals surface area (Å²) in [5.41, 5.74) is 1.06. The average Bonchev–Trinajstić information content (AvgIpc) is 2.81. The first-order valence-corrected chi connectivity index (χ1v) is 6.96. The van der Waals surface area contributed by atoms with Crippen molar-refractivity contribution in [2.75, 3.05) is 4.90 Å². The largest absolute Gasteiger partial charge is 0.416 e. The minimum Gasteiger partial charge on any atom is -0.305 e. The molecule has 2 nitrogen and oxygen atoms in total. The summed E-state index contributed by atoms with van der Waals surface area (Å²) in [6.07, 6.45) is -3.74. The van der Waals surface area contributed by atoms with E-state index in [9.17, 15) is 18.0 Å². The summed E-state index contributed by atoms with van der Waals surface area (Å²) in [5, 5.41) is 0. The fraction of sp³-hybridized carbons (Fsp3) is 0.235. The van der Waals surface area contributed by atoms with Crippen LogP contribution < -0.4 is 4.90 Å². The SMILES string of the molecule is C[C@@H]1Cc2ccccc2N1C(=O)c1cccc(C(F)(F)F)c1. The van der Waals surface area contributed by atoms with E-state index in [4.69, 9.17) is 0 Å². The van der Waals surface area contributed by atoms with Crippen LogP contribution in [0.1, 0.15) is 28.4 Å². The van der Waals surface area contributed by atoms with E-state index in [1.54, 1.807) is 4.90 Å². The van der Waals surface area contributed by atoms with E-state index in [-0.39, 0.29) is 11.6 Å². The highest BCUT2D eigenvalue weighted by molar-refractivity contribution is 6.07. The van der Waals surface area contributed by atoms with E-state index in [1.165, 1.54) is 12.1 Å². The highest BCUT2D eigenvalue weighted by Crippen LogP contribution is 2.34. The number of nitrogens with zero attached hydrogens (tertiary/aromatic N) is 1. The van der Waals surface area contributed by atoms with Gasteiger partial charge in [0, 0.05) is 17.3 Å². The number of fused-ring (bicyclic) bond motifs is 1. The van der Waals surface area contributed by atoms with Crippen LogP contribution in [-0.2, 0) is 12.6 Å². The zero-order valence-corrected chi connectivity index (χ0v) is 11.9. The second-order valence-corrected chi connectivity index (χ2v) is 5.44. The van der Waals surface area contributed by atoms with E-state index in [2.05, 4.69) is 0 Å². The molecule has 0 saturated carbocycles. The molecule has 1 amide bonds. The number of carbonyl (C=O) groups is 1. The molecule has 0 bridgehead atoms. The Morgan fingerprint density at radius 3 is 2.59 bits per heavy atom. The Labute approximate surface area is 126 Å². The molecule has 2 aromatic rings. The van der Waals surface area contributed by atoms with Crippen LogP contribution in [0.2, 0.25) is 0 Å². The van der Waals surface area contributed by atoms with Crippen LogP contribution in [0.15, 0.2) is 48.5 Å². The molecule has 22 heavy (non-hydrogen) atoms. The number of para-hydroxylation sites is 1. The molecule has 0 aliphatic carbocycles. The number of hydrogen-bond donors (Lipinski definition) is 0. The fourth-order valence-corrected chi connectivity index (χ4v) is 2.84. The van der Waals surface area contributed by atoms with Crippen LogP contribution >= 0.6 is 0 Å². The molecule has 0 radical (unpaired) electrons. The molecule has 5 heteroatoms. The van der Waals surface area contributed by atoms with Crippen molar-refractivity contribution in [3.8, 4) is 0 Å². The van der Waals surface area contributed by atoms with Crippen LogP contribution in [0.5, 0.6) is 0 Å². The van der Waals surface area contributed by atoms with Crippen LogP contribution in [0.3, 0.4) is 0 Å². The Kier molecular flexibility index (Phi) is 3.43. The summed E-state index contributed by atoms with van der Waals surface area (Å²) in [6.45, 7) is 1.89. The summed E-state index contributed by atoms with van der Waals surface area (Å²) in [5.74, 6) is -0.399. The Morgan fingerprint density at radius 2 is 1.86 bits per heavy atom. The predicted molar refractivity (Wildman–Crippen MR) is 77.9 cm³/mol. The van der Waals surface area contributed by atoms with Gasteiger partial charge in [-0.05, 0) is 43.2 Å². The second kappa shape index (κ2) is 5.16. The van der Waals surface area contributed by atoms with Crippen LogP contribution in [0, 0.1) is 0 Å². The monoisotopic (exact) mass is 305 g/mol. The number of benzene rings is 2. The number of rotatable bonds is 1. The predicted octanol–water partition coefficient (Wildman–Crippen LogP) is 4.30. The third kappa shape index (κ3) is 2.47.